The summed E-state index contributed by atoms with van der Waals surface area (Å²) in [7, 11) is 0. The second kappa shape index (κ2) is 8.86. The average molecular weight is 392 g/mol. The van der Waals surface area contributed by atoms with Crippen LogP contribution in [0.25, 0.3) is 11.6 Å². The van der Waals surface area contributed by atoms with Crippen molar-refractivity contribution in [2.45, 2.75) is 32.1 Å². The first-order chi connectivity index (χ1) is 14.2. The molecule has 29 heavy (non-hydrogen) atoms. The average Bonchev–Trinajstić information content (AvgIpc) is 3.26. The van der Waals surface area contributed by atoms with Gasteiger partial charge in [0.1, 0.15) is 11.4 Å². The van der Waals surface area contributed by atoms with E-state index in [2.05, 4.69) is 15.2 Å². The molecular formula is C22H24N4O3. The maximum Gasteiger partial charge on any atom is 0.266 e. The molecule has 1 saturated heterocycles. The van der Waals surface area contributed by atoms with E-state index in [1.54, 1.807) is 6.20 Å². The number of likely N-dealkylation sites (tertiary alicyclic amines) is 1. The Morgan fingerprint density at radius 2 is 2.07 bits per heavy atom. The van der Waals surface area contributed by atoms with E-state index < -0.39 is 0 Å². The predicted molar refractivity (Wildman–Crippen MR) is 107 cm³/mol. The molecular weight excluding hydrogens is 368 g/mol. The standard InChI is InChI=1S/C22H24N4O3/c1-2-28-18-10-8-16(9-11-18)14-20(27)26-13-5-6-17(15-26)21-24-25-22(29-21)19-7-3-4-12-23-19/h3-4,7-12,17H,2,5-6,13-15H2,1H3/t17-/m1/s1. The Morgan fingerprint density at radius 1 is 1.21 bits per heavy atom. The number of rotatable bonds is 6. The molecule has 1 aromatic carbocycles. The van der Waals surface area contributed by atoms with Gasteiger partial charge in [0.15, 0.2) is 0 Å². The monoisotopic (exact) mass is 392 g/mol. The van der Waals surface area contributed by atoms with E-state index in [0.717, 1.165) is 30.7 Å². The Balaban J connectivity index is 1.39. The van der Waals surface area contributed by atoms with E-state index in [0.29, 0.717) is 37.0 Å². The highest BCUT2D eigenvalue weighted by Gasteiger charge is 2.28. The first-order valence-corrected chi connectivity index (χ1v) is 9.97. The van der Waals surface area contributed by atoms with Crippen molar-refractivity contribution in [3.63, 3.8) is 0 Å². The molecule has 7 nitrogen and oxygen atoms in total. The first kappa shape index (κ1) is 19.1. The zero-order chi connectivity index (χ0) is 20.1. The van der Waals surface area contributed by atoms with Crippen LogP contribution in [0.4, 0.5) is 0 Å². The summed E-state index contributed by atoms with van der Waals surface area (Å²) in [6.07, 6.45) is 3.92. The van der Waals surface area contributed by atoms with Crippen molar-refractivity contribution in [3.8, 4) is 17.3 Å². The number of hydrogen-bond acceptors (Lipinski definition) is 6. The number of benzene rings is 1. The lowest BCUT2D eigenvalue weighted by molar-refractivity contribution is -0.131. The Bertz CT molecular complexity index is 940. The highest BCUT2D eigenvalue weighted by atomic mass is 16.5. The highest BCUT2D eigenvalue weighted by molar-refractivity contribution is 5.79. The van der Waals surface area contributed by atoms with Crippen LogP contribution in [-0.2, 0) is 11.2 Å². The molecule has 3 aromatic rings. The number of hydrogen-bond donors (Lipinski definition) is 0. The summed E-state index contributed by atoms with van der Waals surface area (Å²) in [4.78, 5) is 18.9. The number of piperidine rings is 1. The zero-order valence-electron chi connectivity index (χ0n) is 16.5. The van der Waals surface area contributed by atoms with Gasteiger partial charge in [-0.3, -0.25) is 9.78 Å². The van der Waals surface area contributed by atoms with Gasteiger partial charge in [-0.25, -0.2) is 0 Å². The number of nitrogens with zero attached hydrogens (tertiary/aromatic N) is 4. The third-order valence-electron chi connectivity index (χ3n) is 5.04. The van der Waals surface area contributed by atoms with Crippen molar-refractivity contribution in [1.29, 1.82) is 0 Å². The molecule has 0 aliphatic carbocycles. The van der Waals surface area contributed by atoms with Crippen LogP contribution in [0, 0.1) is 0 Å². The van der Waals surface area contributed by atoms with Gasteiger partial charge in [0, 0.05) is 19.3 Å². The van der Waals surface area contributed by atoms with E-state index in [9.17, 15) is 4.79 Å². The number of pyridine rings is 1. The quantitative estimate of drug-likeness (QED) is 0.639. The molecule has 0 unspecified atom stereocenters. The zero-order valence-corrected chi connectivity index (χ0v) is 16.5. The molecule has 1 amide bonds. The van der Waals surface area contributed by atoms with Crippen molar-refractivity contribution in [2.24, 2.45) is 0 Å². The van der Waals surface area contributed by atoms with E-state index in [4.69, 9.17) is 9.15 Å². The second-order valence-corrected chi connectivity index (χ2v) is 7.09. The van der Waals surface area contributed by atoms with Crippen LogP contribution < -0.4 is 4.74 Å². The smallest absolute Gasteiger partial charge is 0.266 e. The molecule has 150 valence electrons. The summed E-state index contributed by atoms with van der Waals surface area (Å²) in [6.45, 7) is 3.94. The van der Waals surface area contributed by atoms with E-state index >= 15 is 0 Å². The minimum Gasteiger partial charge on any atom is -0.494 e. The molecule has 3 heterocycles. The van der Waals surface area contributed by atoms with Gasteiger partial charge in [-0.15, -0.1) is 10.2 Å². The van der Waals surface area contributed by atoms with Gasteiger partial charge >= 0.3 is 0 Å². The van der Waals surface area contributed by atoms with Crippen LogP contribution >= 0.6 is 0 Å². The minimum absolute atomic E-state index is 0.0537. The van der Waals surface area contributed by atoms with Crippen LogP contribution in [-0.4, -0.2) is 45.7 Å². The third kappa shape index (κ3) is 4.62. The lowest BCUT2D eigenvalue weighted by Crippen LogP contribution is -2.40. The predicted octanol–water partition coefficient (Wildman–Crippen LogP) is 3.48. The molecule has 0 radical (unpaired) electrons. The lowest BCUT2D eigenvalue weighted by Gasteiger charge is -2.31. The van der Waals surface area contributed by atoms with Gasteiger partial charge in [-0.1, -0.05) is 18.2 Å². The number of amides is 1. The van der Waals surface area contributed by atoms with Gasteiger partial charge in [0.05, 0.1) is 18.9 Å². The summed E-state index contributed by atoms with van der Waals surface area (Å²) in [5.74, 6) is 1.98. The molecule has 1 aliphatic rings. The van der Waals surface area contributed by atoms with Crippen LogP contribution in [0.2, 0.25) is 0 Å². The molecule has 1 aliphatic heterocycles. The van der Waals surface area contributed by atoms with Crippen molar-refractivity contribution in [3.05, 3.63) is 60.1 Å². The summed E-state index contributed by atoms with van der Waals surface area (Å²) in [6, 6.07) is 13.3. The fourth-order valence-electron chi connectivity index (χ4n) is 3.55. The highest BCUT2D eigenvalue weighted by Crippen LogP contribution is 2.28. The van der Waals surface area contributed by atoms with Crippen molar-refractivity contribution in [1.82, 2.24) is 20.1 Å². The normalized spacial score (nSPS) is 16.6. The Labute approximate surface area is 169 Å². The van der Waals surface area contributed by atoms with E-state index in [1.165, 1.54) is 0 Å². The molecule has 2 aromatic heterocycles. The summed E-state index contributed by atoms with van der Waals surface area (Å²) >= 11 is 0. The molecule has 7 heteroatoms. The lowest BCUT2D eigenvalue weighted by atomic mass is 9.97. The van der Waals surface area contributed by atoms with Crippen molar-refractivity contribution >= 4 is 5.91 Å². The molecule has 0 N–H and O–H groups in total. The molecule has 0 spiro atoms. The topological polar surface area (TPSA) is 81.4 Å². The van der Waals surface area contributed by atoms with Gasteiger partial charge in [0.25, 0.3) is 5.89 Å². The third-order valence-corrected chi connectivity index (χ3v) is 5.04. The second-order valence-electron chi connectivity index (χ2n) is 7.09. The Kier molecular flexibility index (Phi) is 5.84. The summed E-state index contributed by atoms with van der Waals surface area (Å²) in [5, 5.41) is 8.34. The molecule has 1 atom stereocenters. The van der Waals surface area contributed by atoms with E-state index in [-0.39, 0.29) is 11.8 Å². The first-order valence-electron chi connectivity index (χ1n) is 9.97. The number of aromatic nitrogens is 3. The summed E-state index contributed by atoms with van der Waals surface area (Å²) < 4.78 is 11.3. The van der Waals surface area contributed by atoms with Crippen LogP contribution in [0.1, 0.15) is 37.1 Å². The largest absolute Gasteiger partial charge is 0.494 e. The maximum atomic E-state index is 12.8. The summed E-state index contributed by atoms with van der Waals surface area (Å²) in [5.41, 5.74) is 1.64. The Morgan fingerprint density at radius 3 is 2.83 bits per heavy atom. The fourth-order valence-corrected chi connectivity index (χ4v) is 3.55. The van der Waals surface area contributed by atoms with Crippen LogP contribution in [0.15, 0.2) is 53.1 Å². The van der Waals surface area contributed by atoms with Gasteiger partial charge in [-0.2, -0.15) is 0 Å². The number of carbonyl (C=O) groups is 1. The fraction of sp³-hybridized carbons (Fsp3) is 0.364. The van der Waals surface area contributed by atoms with Crippen LogP contribution in [0.5, 0.6) is 5.75 Å². The Hall–Kier alpha value is -3.22. The van der Waals surface area contributed by atoms with Crippen LogP contribution in [0.3, 0.4) is 0 Å². The van der Waals surface area contributed by atoms with Gasteiger partial charge in [0.2, 0.25) is 11.8 Å². The molecule has 0 saturated carbocycles. The SMILES string of the molecule is CCOc1ccc(CC(=O)N2CCC[C@@H](c3nnc(-c4ccccn4)o3)C2)cc1. The molecule has 0 bridgehead atoms. The maximum absolute atomic E-state index is 12.8. The molecule has 4 rings (SSSR count). The van der Waals surface area contributed by atoms with E-state index in [1.807, 2.05) is 54.3 Å². The van der Waals surface area contributed by atoms with Crippen molar-refractivity contribution < 1.29 is 13.9 Å². The van der Waals surface area contributed by atoms with Gasteiger partial charge in [-0.05, 0) is 49.6 Å². The number of carbonyl (C=O) groups excluding carboxylic acids is 1. The molecule has 1 fully saturated rings. The minimum atomic E-state index is 0.0537. The van der Waals surface area contributed by atoms with Gasteiger partial charge < -0.3 is 14.1 Å². The van der Waals surface area contributed by atoms with Crippen molar-refractivity contribution in [2.75, 3.05) is 19.7 Å². The number of ether oxygens (including phenoxy) is 1.